The van der Waals surface area contributed by atoms with Gasteiger partial charge in [0.25, 0.3) is 0 Å². The van der Waals surface area contributed by atoms with Crippen LogP contribution in [0, 0.1) is 5.92 Å². The quantitative estimate of drug-likeness (QED) is 0.761. The van der Waals surface area contributed by atoms with E-state index in [1.54, 1.807) is 0 Å². The molecule has 0 aromatic heterocycles. The second kappa shape index (κ2) is 7.46. The van der Waals surface area contributed by atoms with Crippen LogP contribution in [0.3, 0.4) is 0 Å². The highest BCUT2D eigenvalue weighted by molar-refractivity contribution is 5.20. The molecule has 0 heterocycles. The van der Waals surface area contributed by atoms with Gasteiger partial charge in [-0.15, -0.1) is 0 Å². The summed E-state index contributed by atoms with van der Waals surface area (Å²) in [5.41, 5.74) is 1.39. The zero-order chi connectivity index (χ0) is 12.7. The third-order valence-corrected chi connectivity index (χ3v) is 3.28. The van der Waals surface area contributed by atoms with Crippen molar-refractivity contribution >= 4 is 0 Å². The van der Waals surface area contributed by atoms with Crippen LogP contribution >= 0.6 is 0 Å². The summed E-state index contributed by atoms with van der Waals surface area (Å²) in [6, 6.07) is 11.0. The summed E-state index contributed by atoms with van der Waals surface area (Å²) < 4.78 is 0. The number of hydrogen-bond acceptors (Lipinski definition) is 2. The Kier molecular flexibility index (Phi) is 6.23. The fourth-order valence-corrected chi connectivity index (χ4v) is 2.06. The van der Waals surface area contributed by atoms with Crippen molar-refractivity contribution in [1.82, 2.24) is 5.32 Å². The average Bonchev–Trinajstić information content (AvgIpc) is 2.30. The van der Waals surface area contributed by atoms with Crippen molar-refractivity contribution in [3.8, 4) is 0 Å². The Morgan fingerprint density at radius 3 is 2.29 bits per heavy atom. The number of rotatable bonds is 7. The molecule has 2 nitrogen and oxygen atoms in total. The molecule has 0 saturated carbocycles. The fourth-order valence-electron chi connectivity index (χ4n) is 2.06. The monoisotopic (exact) mass is 235 g/mol. The minimum atomic E-state index is 0.256. The third kappa shape index (κ3) is 4.88. The van der Waals surface area contributed by atoms with E-state index in [1.807, 2.05) is 0 Å². The minimum Gasteiger partial charge on any atom is -0.396 e. The van der Waals surface area contributed by atoms with Crippen LogP contribution in [0.4, 0.5) is 0 Å². The first-order chi connectivity index (χ1) is 8.15. The molecular formula is C15H25NO. The molecule has 2 N–H and O–H groups in total. The summed E-state index contributed by atoms with van der Waals surface area (Å²) >= 11 is 0. The largest absolute Gasteiger partial charge is 0.396 e. The molecule has 1 rings (SSSR count). The van der Waals surface area contributed by atoms with Crippen molar-refractivity contribution in [2.45, 2.75) is 39.2 Å². The van der Waals surface area contributed by atoms with Gasteiger partial charge in [-0.05, 0) is 30.7 Å². The van der Waals surface area contributed by atoms with Gasteiger partial charge in [-0.3, -0.25) is 0 Å². The summed E-state index contributed by atoms with van der Waals surface area (Å²) in [6.07, 6.45) is 0.819. The lowest BCUT2D eigenvalue weighted by atomic mass is 9.88. The van der Waals surface area contributed by atoms with Gasteiger partial charge in [-0.2, -0.15) is 0 Å². The summed E-state index contributed by atoms with van der Waals surface area (Å²) in [5.74, 6) is 1.16. The number of benzene rings is 1. The maximum absolute atomic E-state index is 8.89. The molecular weight excluding hydrogens is 210 g/mol. The molecule has 96 valence electrons. The van der Waals surface area contributed by atoms with E-state index < -0.39 is 0 Å². The van der Waals surface area contributed by atoms with E-state index in [2.05, 4.69) is 56.4 Å². The zero-order valence-corrected chi connectivity index (χ0v) is 11.2. The Labute approximate surface area is 105 Å². The predicted molar refractivity (Wildman–Crippen MR) is 73.2 cm³/mol. The highest BCUT2D eigenvalue weighted by Gasteiger charge is 2.16. The summed E-state index contributed by atoms with van der Waals surface area (Å²) in [7, 11) is 0. The van der Waals surface area contributed by atoms with Gasteiger partial charge in [0.2, 0.25) is 0 Å². The Bertz CT molecular complexity index is 297. The highest BCUT2D eigenvalue weighted by Crippen LogP contribution is 2.23. The van der Waals surface area contributed by atoms with E-state index >= 15 is 0 Å². The summed E-state index contributed by atoms with van der Waals surface area (Å²) in [4.78, 5) is 0. The minimum absolute atomic E-state index is 0.256. The third-order valence-electron chi connectivity index (χ3n) is 3.28. The molecule has 0 aliphatic rings. The van der Waals surface area contributed by atoms with Gasteiger partial charge >= 0.3 is 0 Å². The number of hydrogen-bond donors (Lipinski definition) is 2. The number of nitrogens with one attached hydrogen (secondary N) is 1. The molecule has 0 bridgehead atoms. The van der Waals surface area contributed by atoms with Gasteiger partial charge in [0.15, 0.2) is 0 Å². The normalized spacial score (nSPS) is 14.9. The van der Waals surface area contributed by atoms with Gasteiger partial charge in [0.05, 0.1) is 0 Å². The van der Waals surface area contributed by atoms with Crippen molar-refractivity contribution < 1.29 is 5.11 Å². The Balaban J connectivity index is 2.56. The molecule has 17 heavy (non-hydrogen) atoms. The van der Waals surface area contributed by atoms with Crippen molar-refractivity contribution in [2.75, 3.05) is 13.2 Å². The lowest BCUT2D eigenvalue weighted by Crippen LogP contribution is -2.32. The summed E-state index contributed by atoms with van der Waals surface area (Å²) in [6.45, 7) is 7.87. The number of aliphatic hydroxyl groups excluding tert-OH is 1. The lowest BCUT2D eigenvalue weighted by Gasteiger charge is -2.24. The Morgan fingerprint density at radius 1 is 1.12 bits per heavy atom. The van der Waals surface area contributed by atoms with E-state index in [-0.39, 0.29) is 6.61 Å². The van der Waals surface area contributed by atoms with E-state index in [0.29, 0.717) is 17.9 Å². The maximum atomic E-state index is 8.89. The van der Waals surface area contributed by atoms with E-state index in [9.17, 15) is 0 Å². The lowest BCUT2D eigenvalue weighted by molar-refractivity contribution is 0.266. The highest BCUT2D eigenvalue weighted by atomic mass is 16.3. The first kappa shape index (κ1) is 14.2. The van der Waals surface area contributed by atoms with Crippen LogP contribution in [0.5, 0.6) is 0 Å². The molecule has 0 radical (unpaired) electrons. The van der Waals surface area contributed by atoms with Gasteiger partial charge in [-0.1, -0.05) is 44.2 Å². The van der Waals surface area contributed by atoms with Gasteiger partial charge in [0.1, 0.15) is 0 Å². The van der Waals surface area contributed by atoms with Gasteiger partial charge in [0, 0.05) is 19.2 Å². The first-order valence-corrected chi connectivity index (χ1v) is 6.54. The molecule has 1 aromatic rings. The van der Waals surface area contributed by atoms with Crippen molar-refractivity contribution in [3.63, 3.8) is 0 Å². The van der Waals surface area contributed by atoms with Crippen LogP contribution < -0.4 is 5.32 Å². The van der Waals surface area contributed by atoms with Crippen LogP contribution in [0.25, 0.3) is 0 Å². The molecule has 0 saturated heterocycles. The molecule has 0 amide bonds. The molecule has 2 heteroatoms. The molecule has 2 unspecified atom stereocenters. The smallest absolute Gasteiger partial charge is 0.0445 e. The molecule has 0 aliphatic heterocycles. The van der Waals surface area contributed by atoms with E-state index in [4.69, 9.17) is 5.11 Å². The molecule has 0 spiro atoms. The average molecular weight is 235 g/mol. The summed E-state index contributed by atoms with van der Waals surface area (Å²) in [5, 5.41) is 12.4. The van der Waals surface area contributed by atoms with E-state index in [1.165, 1.54) is 5.56 Å². The van der Waals surface area contributed by atoms with Crippen LogP contribution in [-0.4, -0.2) is 24.3 Å². The van der Waals surface area contributed by atoms with Crippen molar-refractivity contribution in [3.05, 3.63) is 35.9 Å². The molecule has 0 fully saturated rings. The van der Waals surface area contributed by atoms with Crippen LogP contribution in [-0.2, 0) is 0 Å². The second-order valence-corrected chi connectivity index (χ2v) is 5.08. The fraction of sp³-hybridized carbons (Fsp3) is 0.600. The molecule has 2 atom stereocenters. The predicted octanol–water partition coefficient (Wildman–Crippen LogP) is 2.79. The standard InChI is InChI=1S/C15H25NO/c1-12(2)15(11-16-13(3)9-10-17)14-7-5-4-6-8-14/h4-8,12-13,15-17H,9-11H2,1-3H3. The van der Waals surface area contributed by atoms with E-state index in [0.717, 1.165) is 13.0 Å². The van der Waals surface area contributed by atoms with Crippen LogP contribution in [0.2, 0.25) is 0 Å². The van der Waals surface area contributed by atoms with Crippen LogP contribution in [0.15, 0.2) is 30.3 Å². The second-order valence-electron chi connectivity index (χ2n) is 5.08. The van der Waals surface area contributed by atoms with Gasteiger partial charge < -0.3 is 10.4 Å². The molecule has 1 aromatic carbocycles. The Hall–Kier alpha value is -0.860. The topological polar surface area (TPSA) is 32.3 Å². The Morgan fingerprint density at radius 2 is 1.76 bits per heavy atom. The zero-order valence-electron chi connectivity index (χ0n) is 11.2. The van der Waals surface area contributed by atoms with Crippen LogP contribution in [0.1, 0.15) is 38.7 Å². The first-order valence-electron chi connectivity index (χ1n) is 6.54. The number of aliphatic hydroxyl groups is 1. The maximum Gasteiger partial charge on any atom is 0.0445 e. The SMILES string of the molecule is CC(CCO)NCC(c1ccccc1)C(C)C. The van der Waals surface area contributed by atoms with Crippen molar-refractivity contribution in [2.24, 2.45) is 5.92 Å². The van der Waals surface area contributed by atoms with Gasteiger partial charge in [-0.25, -0.2) is 0 Å². The molecule has 0 aliphatic carbocycles. The van der Waals surface area contributed by atoms with Crippen molar-refractivity contribution in [1.29, 1.82) is 0 Å².